The molecule has 0 fully saturated rings. The quantitative estimate of drug-likeness (QED) is 0.511. The van der Waals surface area contributed by atoms with E-state index in [1.807, 2.05) is 0 Å². The number of carbonyl (C=O) groups is 1. The predicted molar refractivity (Wildman–Crippen MR) is 83.3 cm³/mol. The van der Waals surface area contributed by atoms with Crippen molar-refractivity contribution >= 4 is 30.0 Å². The fourth-order valence-corrected chi connectivity index (χ4v) is 2.86. The zero-order chi connectivity index (χ0) is 18.4. The van der Waals surface area contributed by atoms with E-state index in [9.17, 15) is 27.4 Å². The molecule has 130 valence electrons. The van der Waals surface area contributed by atoms with E-state index >= 15 is 0 Å². The van der Waals surface area contributed by atoms with E-state index in [0.717, 1.165) is 6.07 Å². The van der Waals surface area contributed by atoms with Crippen molar-refractivity contribution in [3.63, 3.8) is 0 Å². The number of hydrogen-bond donors (Lipinski definition) is 1. The molecule has 1 N–H and O–H groups in total. The van der Waals surface area contributed by atoms with Crippen LogP contribution >= 0.6 is 11.6 Å². The van der Waals surface area contributed by atoms with Gasteiger partial charge in [-0.1, -0.05) is 29.8 Å². The molecule has 2 aromatic rings. The van der Waals surface area contributed by atoms with Gasteiger partial charge in [0.05, 0.1) is 22.8 Å². The van der Waals surface area contributed by atoms with Crippen molar-refractivity contribution in [2.75, 3.05) is 0 Å². The molecule has 25 heavy (non-hydrogen) atoms. The third-order valence-corrected chi connectivity index (χ3v) is 4.21. The Labute approximate surface area is 145 Å². The van der Waals surface area contributed by atoms with Crippen LogP contribution in [0.25, 0.3) is 0 Å². The number of ketones is 1. The molecular formula is C16H10BClF4O3. The van der Waals surface area contributed by atoms with Crippen molar-refractivity contribution in [3.05, 3.63) is 63.4 Å². The Balaban J connectivity index is 1.97. The normalized spacial score (nSPS) is 13.9. The van der Waals surface area contributed by atoms with Gasteiger partial charge in [0, 0.05) is 6.42 Å². The number of halogens is 5. The van der Waals surface area contributed by atoms with Gasteiger partial charge < -0.3 is 9.68 Å². The fourth-order valence-electron chi connectivity index (χ4n) is 2.71. The van der Waals surface area contributed by atoms with Gasteiger partial charge in [0.2, 0.25) is 0 Å². The lowest BCUT2D eigenvalue weighted by Gasteiger charge is -2.14. The highest BCUT2D eigenvalue weighted by atomic mass is 35.5. The number of fused-ring (bicyclic) bond motifs is 1. The standard InChI is InChI=1S/C16H10BClF4O3/c18-12-4-3-10(16(20,21)22)14(15(12)19)13(23)6-8-1-2-9-7-25-17(24)11(9)5-8/h1-5,24H,6-7H2. The van der Waals surface area contributed by atoms with Crippen LogP contribution in [0.15, 0.2) is 30.3 Å². The second-order valence-electron chi connectivity index (χ2n) is 5.58. The number of rotatable bonds is 3. The molecule has 3 rings (SSSR count). The van der Waals surface area contributed by atoms with E-state index < -0.39 is 47.5 Å². The molecule has 0 bridgehead atoms. The minimum Gasteiger partial charge on any atom is -0.423 e. The molecule has 0 radical (unpaired) electrons. The zero-order valence-electron chi connectivity index (χ0n) is 12.5. The highest BCUT2D eigenvalue weighted by Gasteiger charge is 2.37. The van der Waals surface area contributed by atoms with E-state index in [2.05, 4.69) is 0 Å². The van der Waals surface area contributed by atoms with Gasteiger partial charge in [0.25, 0.3) is 0 Å². The SMILES string of the molecule is O=C(Cc1ccc2c(c1)B(O)OC2)c1c(C(F)(F)F)ccc(Cl)c1F. The first kappa shape index (κ1) is 17.9. The summed E-state index contributed by atoms with van der Waals surface area (Å²) in [6.45, 7) is 0.200. The summed E-state index contributed by atoms with van der Waals surface area (Å²) >= 11 is 5.53. The van der Waals surface area contributed by atoms with Crippen molar-refractivity contribution in [2.45, 2.75) is 19.2 Å². The molecule has 0 aliphatic carbocycles. The summed E-state index contributed by atoms with van der Waals surface area (Å²) in [7, 11) is -1.15. The maximum Gasteiger partial charge on any atom is 0.491 e. The van der Waals surface area contributed by atoms with Gasteiger partial charge in [-0.05, 0) is 28.7 Å². The summed E-state index contributed by atoms with van der Waals surface area (Å²) in [6, 6.07) is 5.93. The van der Waals surface area contributed by atoms with Gasteiger partial charge in [0.15, 0.2) is 11.6 Å². The average molecular weight is 373 g/mol. The zero-order valence-corrected chi connectivity index (χ0v) is 13.3. The topological polar surface area (TPSA) is 46.5 Å². The Bertz CT molecular complexity index is 854. The largest absolute Gasteiger partial charge is 0.491 e. The lowest BCUT2D eigenvalue weighted by atomic mass is 9.78. The predicted octanol–water partition coefficient (Wildman–Crippen LogP) is 3.14. The molecule has 2 aromatic carbocycles. The van der Waals surface area contributed by atoms with E-state index in [4.69, 9.17) is 16.3 Å². The lowest BCUT2D eigenvalue weighted by molar-refractivity contribution is -0.138. The third kappa shape index (κ3) is 3.42. The molecule has 1 heterocycles. The summed E-state index contributed by atoms with van der Waals surface area (Å²) in [5.74, 6) is -2.45. The molecule has 1 aliphatic heterocycles. The van der Waals surface area contributed by atoms with Crippen LogP contribution in [0.5, 0.6) is 0 Å². The van der Waals surface area contributed by atoms with Gasteiger partial charge in [-0.3, -0.25) is 4.79 Å². The molecule has 0 saturated heterocycles. The molecule has 9 heteroatoms. The summed E-state index contributed by atoms with van der Waals surface area (Å²) in [5.41, 5.74) is -0.969. The van der Waals surface area contributed by atoms with E-state index in [1.54, 1.807) is 6.07 Å². The number of carbonyl (C=O) groups excluding carboxylic acids is 1. The first-order valence-electron chi connectivity index (χ1n) is 7.18. The van der Waals surface area contributed by atoms with Crippen molar-refractivity contribution in [1.82, 2.24) is 0 Å². The molecule has 0 saturated carbocycles. The molecule has 3 nitrogen and oxygen atoms in total. The lowest BCUT2D eigenvalue weighted by Crippen LogP contribution is -2.28. The number of alkyl halides is 3. The van der Waals surface area contributed by atoms with Gasteiger partial charge >= 0.3 is 13.3 Å². The third-order valence-electron chi connectivity index (χ3n) is 3.92. The summed E-state index contributed by atoms with van der Waals surface area (Å²) in [5, 5.41) is 9.09. The van der Waals surface area contributed by atoms with Gasteiger partial charge in [-0.15, -0.1) is 0 Å². The fraction of sp³-hybridized carbons (Fsp3) is 0.188. The van der Waals surface area contributed by atoms with Crippen LogP contribution in [0.2, 0.25) is 5.02 Å². The van der Waals surface area contributed by atoms with Gasteiger partial charge in [-0.2, -0.15) is 13.2 Å². The molecular weight excluding hydrogens is 362 g/mol. The molecule has 0 amide bonds. The van der Waals surface area contributed by atoms with Crippen LogP contribution in [0, 0.1) is 5.82 Å². The maximum absolute atomic E-state index is 14.1. The van der Waals surface area contributed by atoms with Gasteiger partial charge in [-0.25, -0.2) is 4.39 Å². The maximum atomic E-state index is 14.1. The first-order chi connectivity index (χ1) is 11.7. The first-order valence-corrected chi connectivity index (χ1v) is 7.56. The Morgan fingerprint density at radius 2 is 2.00 bits per heavy atom. The smallest absolute Gasteiger partial charge is 0.423 e. The highest BCUT2D eigenvalue weighted by Crippen LogP contribution is 2.35. The van der Waals surface area contributed by atoms with Crippen LogP contribution in [0.3, 0.4) is 0 Å². The number of benzene rings is 2. The van der Waals surface area contributed by atoms with E-state index in [1.165, 1.54) is 12.1 Å². The molecule has 0 aromatic heterocycles. The van der Waals surface area contributed by atoms with E-state index in [-0.39, 0.29) is 6.61 Å². The molecule has 0 unspecified atom stereocenters. The highest BCUT2D eigenvalue weighted by molar-refractivity contribution is 6.61. The van der Waals surface area contributed by atoms with Crippen molar-refractivity contribution in [3.8, 4) is 0 Å². The van der Waals surface area contributed by atoms with Crippen LogP contribution in [-0.2, 0) is 23.9 Å². The Morgan fingerprint density at radius 1 is 1.28 bits per heavy atom. The molecule has 0 atom stereocenters. The number of Topliss-reactive ketones (excluding diaryl/α,β-unsaturated/α-hetero) is 1. The van der Waals surface area contributed by atoms with Crippen LogP contribution < -0.4 is 5.46 Å². The number of hydrogen-bond acceptors (Lipinski definition) is 3. The Kier molecular flexibility index (Phi) is 4.61. The Morgan fingerprint density at radius 3 is 2.68 bits per heavy atom. The minimum absolute atomic E-state index is 0.200. The van der Waals surface area contributed by atoms with Gasteiger partial charge in [0.1, 0.15) is 0 Å². The second kappa shape index (κ2) is 6.44. The summed E-state index contributed by atoms with van der Waals surface area (Å²) < 4.78 is 58.4. The van der Waals surface area contributed by atoms with Crippen LogP contribution in [0.1, 0.15) is 27.0 Å². The monoisotopic (exact) mass is 372 g/mol. The van der Waals surface area contributed by atoms with E-state index in [0.29, 0.717) is 22.7 Å². The van der Waals surface area contributed by atoms with Crippen LogP contribution in [-0.4, -0.2) is 17.9 Å². The van der Waals surface area contributed by atoms with Crippen LogP contribution in [0.4, 0.5) is 17.6 Å². The second-order valence-corrected chi connectivity index (χ2v) is 5.99. The van der Waals surface area contributed by atoms with Crippen molar-refractivity contribution < 1.29 is 32.0 Å². The summed E-state index contributed by atoms with van der Waals surface area (Å²) in [4.78, 5) is 12.3. The molecule has 1 aliphatic rings. The molecule has 0 spiro atoms. The summed E-state index contributed by atoms with van der Waals surface area (Å²) in [6.07, 6.45) is -5.36. The Hall–Kier alpha value is -1.90. The van der Waals surface area contributed by atoms with Crippen molar-refractivity contribution in [1.29, 1.82) is 0 Å². The van der Waals surface area contributed by atoms with Crippen molar-refractivity contribution in [2.24, 2.45) is 0 Å². The average Bonchev–Trinajstić information content (AvgIpc) is 2.89. The minimum atomic E-state index is -4.89.